The van der Waals surface area contributed by atoms with E-state index in [1.54, 1.807) is 13.2 Å². The van der Waals surface area contributed by atoms with Crippen LogP contribution in [0.5, 0.6) is 0 Å². The number of pyridine rings is 1. The van der Waals surface area contributed by atoms with Crippen LogP contribution in [0, 0.1) is 5.92 Å². The number of hydrogen-bond acceptors (Lipinski definition) is 4. The lowest BCUT2D eigenvalue weighted by atomic mass is 9.79. The number of nitrogens with zero attached hydrogens (tertiary/aromatic N) is 3. The van der Waals surface area contributed by atoms with Crippen molar-refractivity contribution in [2.45, 2.75) is 38.3 Å². The van der Waals surface area contributed by atoms with Crippen LogP contribution in [0.2, 0.25) is 0 Å². The number of aromatic nitrogens is 1. The van der Waals surface area contributed by atoms with Gasteiger partial charge in [0.05, 0.1) is 0 Å². The van der Waals surface area contributed by atoms with Gasteiger partial charge in [-0.1, -0.05) is 6.07 Å². The van der Waals surface area contributed by atoms with Crippen LogP contribution in [0.3, 0.4) is 0 Å². The number of imide groups is 1. The third-order valence-corrected chi connectivity index (χ3v) is 5.40. The first-order chi connectivity index (χ1) is 10.9. The summed E-state index contributed by atoms with van der Waals surface area (Å²) in [6.45, 7) is 5.83. The number of piperidine rings is 1. The van der Waals surface area contributed by atoms with E-state index in [4.69, 9.17) is 0 Å². The van der Waals surface area contributed by atoms with Crippen LogP contribution in [-0.2, 0) is 4.79 Å². The molecule has 0 unspecified atom stereocenters. The zero-order valence-corrected chi connectivity index (χ0v) is 14.0. The summed E-state index contributed by atoms with van der Waals surface area (Å²) in [6.07, 6.45) is 5.65. The van der Waals surface area contributed by atoms with Crippen LogP contribution in [0.25, 0.3) is 0 Å². The van der Waals surface area contributed by atoms with Gasteiger partial charge in [-0.05, 0) is 44.9 Å². The molecule has 1 N–H and O–H groups in total. The van der Waals surface area contributed by atoms with E-state index in [-0.39, 0.29) is 23.9 Å². The van der Waals surface area contributed by atoms with E-state index in [9.17, 15) is 9.59 Å². The third kappa shape index (κ3) is 2.72. The molecule has 2 aliphatic heterocycles. The van der Waals surface area contributed by atoms with E-state index in [2.05, 4.69) is 28.2 Å². The minimum atomic E-state index is -0.792. The van der Waals surface area contributed by atoms with E-state index >= 15 is 0 Å². The largest absolute Gasteiger partial charge is 0.324 e. The number of hydrogen-bond donors (Lipinski definition) is 1. The Morgan fingerprint density at radius 2 is 2.22 bits per heavy atom. The molecule has 3 amide bonds. The Morgan fingerprint density at radius 1 is 1.43 bits per heavy atom. The summed E-state index contributed by atoms with van der Waals surface area (Å²) in [5.41, 5.74) is 0.385. The summed E-state index contributed by atoms with van der Waals surface area (Å²) in [7, 11) is 1.54. The van der Waals surface area contributed by atoms with Gasteiger partial charge in [0.15, 0.2) is 0 Å². The SMILES string of the molecule is C[C@H](c1cccnc1)N1CCC[C@@H]([C@]2(C)NC(=O)N(C)C2=O)C1. The maximum Gasteiger partial charge on any atom is 0.324 e. The van der Waals surface area contributed by atoms with Gasteiger partial charge in [-0.2, -0.15) is 0 Å². The molecule has 23 heavy (non-hydrogen) atoms. The molecule has 6 nitrogen and oxygen atoms in total. The number of nitrogens with one attached hydrogen (secondary N) is 1. The van der Waals surface area contributed by atoms with Crippen molar-refractivity contribution in [2.24, 2.45) is 5.92 Å². The van der Waals surface area contributed by atoms with Crippen molar-refractivity contribution in [3.8, 4) is 0 Å². The third-order valence-electron chi connectivity index (χ3n) is 5.40. The van der Waals surface area contributed by atoms with Crippen LogP contribution in [0.15, 0.2) is 24.5 Å². The number of rotatable bonds is 3. The average Bonchev–Trinajstić information content (AvgIpc) is 2.79. The normalized spacial score (nSPS) is 30.4. The molecule has 0 spiro atoms. The van der Waals surface area contributed by atoms with Crippen molar-refractivity contribution in [1.29, 1.82) is 0 Å². The lowest BCUT2D eigenvalue weighted by Crippen LogP contribution is -2.56. The molecule has 124 valence electrons. The van der Waals surface area contributed by atoms with Crippen LogP contribution in [0.1, 0.15) is 38.3 Å². The highest BCUT2D eigenvalue weighted by Gasteiger charge is 2.52. The molecule has 0 saturated carbocycles. The maximum absolute atomic E-state index is 12.5. The van der Waals surface area contributed by atoms with Gasteiger partial charge in [0.1, 0.15) is 5.54 Å². The van der Waals surface area contributed by atoms with Gasteiger partial charge < -0.3 is 5.32 Å². The Kier molecular flexibility index (Phi) is 4.10. The van der Waals surface area contributed by atoms with Crippen molar-refractivity contribution in [1.82, 2.24) is 20.1 Å². The Bertz CT molecular complexity index is 606. The summed E-state index contributed by atoms with van der Waals surface area (Å²) >= 11 is 0. The first kappa shape index (κ1) is 15.9. The highest BCUT2D eigenvalue weighted by molar-refractivity contribution is 6.06. The van der Waals surface area contributed by atoms with Gasteiger partial charge in [-0.25, -0.2) is 4.79 Å². The molecule has 3 heterocycles. The fraction of sp³-hybridized carbons (Fsp3) is 0.588. The van der Waals surface area contributed by atoms with Gasteiger partial charge in [0.25, 0.3) is 5.91 Å². The van der Waals surface area contributed by atoms with Crippen molar-refractivity contribution in [3.05, 3.63) is 30.1 Å². The molecule has 3 atom stereocenters. The second-order valence-corrected chi connectivity index (χ2v) is 6.79. The molecule has 0 aliphatic carbocycles. The molecular formula is C17H24N4O2. The summed E-state index contributed by atoms with van der Waals surface area (Å²) < 4.78 is 0. The van der Waals surface area contributed by atoms with Crippen LogP contribution in [-0.4, -0.2) is 52.4 Å². The molecule has 3 rings (SSSR count). The monoisotopic (exact) mass is 316 g/mol. The predicted molar refractivity (Wildman–Crippen MR) is 86.7 cm³/mol. The topological polar surface area (TPSA) is 65.5 Å². The predicted octanol–water partition coefficient (Wildman–Crippen LogP) is 1.79. The number of carbonyl (C=O) groups is 2. The smallest absolute Gasteiger partial charge is 0.323 e. The van der Waals surface area contributed by atoms with Crippen molar-refractivity contribution < 1.29 is 9.59 Å². The molecular weight excluding hydrogens is 292 g/mol. The standard InChI is InChI=1S/C17H24N4O2/c1-12(13-6-4-8-18-10-13)21-9-5-7-14(11-21)17(2)15(22)20(3)16(23)19-17/h4,6,8,10,12,14H,5,7,9,11H2,1-3H3,(H,19,23)/t12-,14-,17+/m1/s1. The molecule has 2 fully saturated rings. The summed E-state index contributed by atoms with van der Waals surface area (Å²) in [4.78, 5) is 32.1. The van der Waals surface area contributed by atoms with Crippen LogP contribution in [0.4, 0.5) is 4.79 Å². The fourth-order valence-corrected chi connectivity index (χ4v) is 3.74. The quantitative estimate of drug-likeness (QED) is 0.864. The molecule has 2 saturated heterocycles. The van der Waals surface area contributed by atoms with E-state index in [0.717, 1.165) is 25.9 Å². The van der Waals surface area contributed by atoms with Gasteiger partial charge >= 0.3 is 6.03 Å². The summed E-state index contributed by atoms with van der Waals surface area (Å²) in [6, 6.07) is 3.98. The Morgan fingerprint density at radius 3 is 2.83 bits per heavy atom. The molecule has 0 bridgehead atoms. The van der Waals surface area contributed by atoms with Crippen LogP contribution >= 0.6 is 0 Å². The van der Waals surface area contributed by atoms with E-state index < -0.39 is 5.54 Å². The molecule has 0 aromatic carbocycles. The molecule has 1 aromatic heterocycles. The molecule has 6 heteroatoms. The van der Waals surface area contributed by atoms with E-state index in [1.807, 2.05) is 19.2 Å². The molecule has 0 radical (unpaired) electrons. The van der Waals surface area contributed by atoms with Crippen LogP contribution < -0.4 is 5.32 Å². The zero-order chi connectivity index (χ0) is 16.6. The van der Waals surface area contributed by atoms with E-state index in [0.29, 0.717) is 0 Å². The maximum atomic E-state index is 12.5. The number of carbonyl (C=O) groups excluding carboxylic acids is 2. The Hall–Kier alpha value is -1.95. The Labute approximate surface area is 136 Å². The number of urea groups is 1. The summed E-state index contributed by atoms with van der Waals surface area (Å²) in [5.74, 6) is 0.000141. The lowest BCUT2D eigenvalue weighted by Gasteiger charge is -2.42. The van der Waals surface area contributed by atoms with Crippen molar-refractivity contribution in [2.75, 3.05) is 20.1 Å². The fourth-order valence-electron chi connectivity index (χ4n) is 3.74. The zero-order valence-electron chi connectivity index (χ0n) is 14.0. The lowest BCUT2D eigenvalue weighted by molar-refractivity contribution is -0.132. The molecule has 1 aromatic rings. The average molecular weight is 316 g/mol. The second kappa shape index (κ2) is 5.92. The highest BCUT2D eigenvalue weighted by atomic mass is 16.2. The van der Waals surface area contributed by atoms with Crippen molar-refractivity contribution >= 4 is 11.9 Å². The number of likely N-dealkylation sites (N-methyl/N-ethyl adjacent to an activating group) is 1. The second-order valence-electron chi connectivity index (χ2n) is 6.79. The summed E-state index contributed by atoms with van der Waals surface area (Å²) in [5, 5.41) is 2.90. The minimum Gasteiger partial charge on any atom is -0.323 e. The van der Waals surface area contributed by atoms with Gasteiger partial charge in [-0.15, -0.1) is 0 Å². The van der Waals surface area contributed by atoms with Crippen molar-refractivity contribution in [3.63, 3.8) is 0 Å². The first-order valence-corrected chi connectivity index (χ1v) is 8.17. The number of amides is 3. The molecule has 2 aliphatic rings. The minimum absolute atomic E-state index is 0.122. The Balaban J connectivity index is 1.76. The van der Waals surface area contributed by atoms with Gasteiger partial charge in [-0.3, -0.25) is 19.6 Å². The number of likely N-dealkylation sites (tertiary alicyclic amines) is 1. The highest BCUT2D eigenvalue weighted by Crippen LogP contribution is 2.34. The van der Waals surface area contributed by atoms with Gasteiger partial charge in [0, 0.05) is 37.9 Å². The van der Waals surface area contributed by atoms with E-state index in [1.165, 1.54) is 10.5 Å². The first-order valence-electron chi connectivity index (χ1n) is 8.17. The van der Waals surface area contributed by atoms with Gasteiger partial charge in [0.2, 0.25) is 0 Å².